The minimum absolute atomic E-state index is 0.0147. The minimum atomic E-state index is -4.45. The molecule has 2 atom stereocenters. The van der Waals surface area contributed by atoms with Crippen molar-refractivity contribution in [3.05, 3.63) is 0 Å². The van der Waals surface area contributed by atoms with Gasteiger partial charge in [0.2, 0.25) is 0 Å². The van der Waals surface area contributed by atoms with Gasteiger partial charge in [0.05, 0.1) is 0 Å². The molecule has 0 aliphatic heterocycles. The maximum atomic E-state index is 11.9. The molecule has 2 unspecified atom stereocenters. The summed E-state index contributed by atoms with van der Waals surface area (Å²) in [5.41, 5.74) is 0. The summed E-state index contributed by atoms with van der Waals surface area (Å²) in [5.74, 6) is -3.39. The lowest BCUT2D eigenvalue weighted by molar-refractivity contribution is 0.232. The number of rotatable bonds is 4. The van der Waals surface area contributed by atoms with Gasteiger partial charge >= 0.3 is 5.76 Å². The smallest absolute Gasteiger partial charge is 0.210 e. The molecule has 0 radical (unpaired) electrons. The van der Waals surface area contributed by atoms with Crippen LogP contribution in [0.15, 0.2) is 0 Å². The van der Waals surface area contributed by atoms with Crippen LogP contribution in [0.4, 0.5) is 8.78 Å². The maximum Gasteiger partial charge on any atom is 0.350 e. The monoisotopic (exact) mass is 247 g/mol. The third-order valence-corrected chi connectivity index (χ3v) is 3.96. The molecule has 7 heteroatoms. The highest BCUT2D eigenvalue weighted by atomic mass is 35.5. The SMILES string of the molecule is O=S(=O)(NCC1CCCC1Cl)C(F)F. The van der Waals surface area contributed by atoms with Crippen LogP contribution in [-0.2, 0) is 10.0 Å². The van der Waals surface area contributed by atoms with Crippen molar-refractivity contribution in [1.29, 1.82) is 0 Å². The van der Waals surface area contributed by atoms with Gasteiger partial charge in [-0.1, -0.05) is 6.42 Å². The zero-order chi connectivity index (χ0) is 10.8. The van der Waals surface area contributed by atoms with Crippen molar-refractivity contribution in [3.8, 4) is 0 Å². The Balaban J connectivity index is 2.40. The van der Waals surface area contributed by atoms with E-state index < -0.39 is 15.8 Å². The fraction of sp³-hybridized carbons (Fsp3) is 1.00. The molecule has 1 aliphatic carbocycles. The van der Waals surface area contributed by atoms with Gasteiger partial charge in [-0.25, -0.2) is 13.1 Å². The van der Waals surface area contributed by atoms with E-state index in [1.807, 2.05) is 4.72 Å². The number of sulfonamides is 1. The average molecular weight is 248 g/mol. The van der Waals surface area contributed by atoms with Gasteiger partial charge in [-0.05, 0) is 18.8 Å². The third kappa shape index (κ3) is 3.03. The summed E-state index contributed by atoms with van der Waals surface area (Å²) in [6.45, 7) is 0.0147. The molecule has 0 amide bonds. The molecule has 3 nitrogen and oxygen atoms in total. The zero-order valence-corrected chi connectivity index (χ0v) is 8.99. The summed E-state index contributed by atoms with van der Waals surface area (Å²) >= 11 is 5.86. The standard InChI is InChI=1S/C7H12ClF2NO2S/c8-6-3-1-2-5(6)4-11-14(12,13)7(9)10/h5-7,11H,1-4H2. The van der Waals surface area contributed by atoms with Crippen LogP contribution in [-0.4, -0.2) is 26.1 Å². The largest absolute Gasteiger partial charge is 0.350 e. The van der Waals surface area contributed by atoms with Crippen molar-refractivity contribution in [2.75, 3.05) is 6.54 Å². The van der Waals surface area contributed by atoms with Crippen molar-refractivity contribution in [2.24, 2.45) is 5.92 Å². The van der Waals surface area contributed by atoms with E-state index >= 15 is 0 Å². The summed E-state index contributed by atoms with van der Waals surface area (Å²) in [7, 11) is -4.45. The van der Waals surface area contributed by atoms with E-state index in [0.29, 0.717) is 0 Å². The van der Waals surface area contributed by atoms with Crippen LogP contribution in [0.3, 0.4) is 0 Å². The van der Waals surface area contributed by atoms with Gasteiger partial charge in [0.25, 0.3) is 10.0 Å². The Morgan fingerprint density at radius 2 is 2.07 bits per heavy atom. The van der Waals surface area contributed by atoms with Gasteiger partial charge in [0, 0.05) is 11.9 Å². The summed E-state index contributed by atoms with van der Waals surface area (Å²) in [6, 6.07) is 0. The molecule has 0 saturated heterocycles. The fourth-order valence-electron chi connectivity index (χ4n) is 1.51. The number of nitrogens with one attached hydrogen (secondary N) is 1. The topological polar surface area (TPSA) is 46.2 Å². The van der Waals surface area contributed by atoms with Crippen LogP contribution in [0.5, 0.6) is 0 Å². The summed E-state index contributed by atoms with van der Waals surface area (Å²) < 4.78 is 47.0. The Kier molecular flexibility index (Phi) is 4.09. The third-order valence-electron chi connectivity index (χ3n) is 2.35. The van der Waals surface area contributed by atoms with E-state index in [1.165, 1.54) is 0 Å². The quantitative estimate of drug-likeness (QED) is 0.766. The maximum absolute atomic E-state index is 11.9. The molecule has 0 aromatic rings. The molecule has 1 aliphatic rings. The highest BCUT2D eigenvalue weighted by Crippen LogP contribution is 2.29. The van der Waals surface area contributed by atoms with Crippen LogP contribution in [0.25, 0.3) is 0 Å². The average Bonchev–Trinajstić information content (AvgIpc) is 2.47. The lowest BCUT2D eigenvalue weighted by atomic mass is 10.1. The molecule has 1 rings (SSSR count). The van der Waals surface area contributed by atoms with Crippen molar-refractivity contribution in [1.82, 2.24) is 4.72 Å². The summed E-state index contributed by atoms with van der Waals surface area (Å²) in [4.78, 5) is 0. The van der Waals surface area contributed by atoms with Crippen molar-refractivity contribution in [3.63, 3.8) is 0 Å². The van der Waals surface area contributed by atoms with Gasteiger partial charge < -0.3 is 0 Å². The first-order valence-electron chi connectivity index (χ1n) is 4.34. The second kappa shape index (κ2) is 4.72. The molecule has 0 aromatic carbocycles. The number of alkyl halides is 3. The molecule has 0 heterocycles. The predicted octanol–water partition coefficient (Wildman–Crippen LogP) is 1.54. The first kappa shape index (κ1) is 12.1. The first-order valence-corrected chi connectivity index (χ1v) is 6.32. The Morgan fingerprint density at radius 3 is 2.50 bits per heavy atom. The van der Waals surface area contributed by atoms with Crippen LogP contribution in [0, 0.1) is 5.92 Å². The highest BCUT2D eigenvalue weighted by molar-refractivity contribution is 7.89. The normalized spacial score (nSPS) is 28.6. The lowest BCUT2D eigenvalue weighted by Gasteiger charge is -2.14. The molecule has 1 fully saturated rings. The van der Waals surface area contributed by atoms with Crippen LogP contribution >= 0.6 is 11.6 Å². The molecule has 1 saturated carbocycles. The van der Waals surface area contributed by atoms with E-state index in [9.17, 15) is 17.2 Å². The number of hydrogen-bond donors (Lipinski definition) is 1. The van der Waals surface area contributed by atoms with Crippen molar-refractivity contribution in [2.45, 2.75) is 30.4 Å². The van der Waals surface area contributed by atoms with Gasteiger partial charge in [-0.2, -0.15) is 8.78 Å². The number of hydrogen-bond acceptors (Lipinski definition) is 2. The molecular formula is C7H12ClF2NO2S. The van der Waals surface area contributed by atoms with Crippen LogP contribution < -0.4 is 4.72 Å². The van der Waals surface area contributed by atoms with Gasteiger partial charge in [-0.3, -0.25) is 0 Å². The zero-order valence-electron chi connectivity index (χ0n) is 7.42. The highest BCUT2D eigenvalue weighted by Gasteiger charge is 2.29. The fourth-order valence-corrected chi connectivity index (χ4v) is 2.45. The van der Waals surface area contributed by atoms with Crippen molar-refractivity contribution < 1.29 is 17.2 Å². The minimum Gasteiger partial charge on any atom is -0.210 e. The van der Waals surface area contributed by atoms with Crippen molar-refractivity contribution >= 4 is 21.6 Å². The molecular weight excluding hydrogens is 236 g/mol. The molecule has 14 heavy (non-hydrogen) atoms. The molecule has 0 bridgehead atoms. The Bertz CT molecular complexity index is 283. The molecule has 84 valence electrons. The van der Waals surface area contributed by atoms with Crippen LogP contribution in [0.1, 0.15) is 19.3 Å². The molecule has 0 spiro atoms. The summed E-state index contributed by atoms with van der Waals surface area (Å²) in [5, 5.41) is -0.102. The lowest BCUT2D eigenvalue weighted by Crippen LogP contribution is -2.34. The second-order valence-electron chi connectivity index (χ2n) is 3.36. The van der Waals surface area contributed by atoms with Gasteiger partial charge in [0.15, 0.2) is 0 Å². The summed E-state index contributed by atoms with van der Waals surface area (Å²) in [6.07, 6.45) is 2.54. The molecule has 0 aromatic heterocycles. The Labute approximate surface area is 86.9 Å². The first-order chi connectivity index (χ1) is 6.43. The van der Waals surface area contributed by atoms with E-state index in [1.54, 1.807) is 0 Å². The van der Waals surface area contributed by atoms with E-state index in [-0.39, 0.29) is 17.8 Å². The predicted molar refractivity (Wildman–Crippen MR) is 49.9 cm³/mol. The van der Waals surface area contributed by atoms with E-state index in [0.717, 1.165) is 19.3 Å². The van der Waals surface area contributed by atoms with E-state index in [2.05, 4.69) is 0 Å². The Morgan fingerprint density at radius 1 is 1.43 bits per heavy atom. The number of halogens is 3. The van der Waals surface area contributed by atoms with Crippen LogP contribution in [0.2, 0.25) is 0 Å². The second-order valence-corrected chi connectivity index (χ2v) is 5.66. The van der Waals surface area contributed by atoms with Gasteiger partial charge in [-0.15, -0.1) is 11.6 Å². The van der Waals surface area contributed by atoms with E-state index in [4.69, 9.17) is 11.6 Å². The van der Waals surface area contributed by atoms with Gasteiger partial charge in [0.1, 0.15) is 0 Å². The molecule has 1 N–H and O–H groups in total. The Hall–Kier alpha value is 0.0600.